The summed E-state index contributed by atoms with van der Waals surface area (Å²) in [6.45, 7) is 5.90. The second-order valence-corrected chi connectivity index (χ2v) is 8.30. The second-order valence-electron chi connectivity index (χ2n) is 5.16. The highest BCUT2D eigenvalue weighted by Gasteiger charge is 2.30. The zero-order valence-electron chi connectivity index (χ0n) is 12.6. The van der Waals surface area contributed by atoms with E-state index in [1.165, 1.54) is 0 Å². The van der Waals surface area contributed by atoms with Crippen molar-refractivity contribution in [3.05, 3.63) is 24.3 Å². The van der Waals surface area contributed by atoms with Gasteiger partial charge in [0.05, 0.1) is 0 Å². The standard InChI is InChI=1S/C15H20I2O4/c1-10(2)13(19-4)20-11-5-7-12(8-6-11)21-14(18)15(3,17)9-16/h5-8,10,13H,9H2,1-4H3. The number of alkyl halides is 2. The minimum Gasteiger partial charge on any atom is -0.465 e. The molecule has 0 heterocycles. The Morgan fingerprint density at radius 1 is 1.24 bits per heavy atom. The van der Waals surface area contributed by atoms with E-state index in [1.807, 2.05) is 20.8 Å². The Kier molecular flexibility index (Phi) is 7.69. The number of hydrogen-bond donors (Lipinski definition) is 0. The van der Waals surface area contributed by atoms with Crippen molar-refractivity contribution in [3.8, 4) is 11.5 Å². The van der Waals surface area contributed by atoms with Crippen LogP contribution in [0.1, 0.15) is 20.8 Å². The highest BCUT2D eigenvalue weighted by Crippen LogP contribution is 2.26. The van der Waals surface area contributed by atoms with E-state index in [4.69, 9.17) is 14.2 Å². The van der Waals surface area contributed by atoms with Crippen LogP contribution in [0.2, 0.25) is 0 Å². The van der Waals surface area contributed by atoms with Gasteiger partial charge in [0, 0.05) is 17.5 Å². The maximum Gasteiger partial charge on any atom is 0.327 e. The Balaban J connectivity index is 2.68. The van der Waals surface area contributed by atoms with Gasteiger partial charge >= 0.3 is 5.97 Å². The monoisotopic (exact) mass is 518 g/mol. The molecule has 0 saturated heterocycles. The molecule has 0 bridgehead atoms. The number of carbonyl (C=O) groups is 1. The van der Waals surface area contributed by atoms with E-state index < -0.39 is 3.42 Å². The maximum atomic E-state index is 12.0. The summed E-state index contributed by atoms with van der Waals surface area (Å²) in [4.78, 5) is 12.0. The Morgan fingerprint density at radius 2 is 1.76 bits per heavy atom. The molecule has 2 atom stereocenters. The van der Waals surface area contributed by atoms with E-state index in [1.54, 1.807) is 31.4 Å². The smallest absolute Gasteiger partial charge is 0.327 e. The molecule has 0 spiro atoms. The van der Waals surface area contributed by atoms with Crippen LogP contribution in [-0.2, 0) is 9.53 Å². The predicted octanol–water partition coefficient (Wildman–Crippen LogP) is 4.23. The molecule has 21 heavy (non-hydrogen) atoms. The summed E-state index contributed by atoms with van der Waals surface area (Å²) in [5.41, 5.74) is 0. The normalized spacial score (nSPS) is 15.4. The molecule has 0 aliphatic carbocycles. The number of esters is 1. The van der Waals surface area contributed by atoms with Crippen LogP contribution in [-0.4, -0.2) is 27.2 Å². The SMILES string of the molecule is COC(Oc1ccc(OC(=O)C(C)(I)CI)cc1)C(C)C. The molecule has 118 valence electrons. The summed E-state index contributed by atoms with van der Waals surface area (Å²) in [6, 6.07) is 6.98. The fourth-order valence-corrected chi connectivity index (χ4v) is 1.87. The Bertz CT molecular complexity index is 457. The van der Waals surface area contributed by atoms with Gasteiger partial charge in [-0.25, -0.2) is 0 Å². The largest absolute Gasteiger partial charge is 0.465 e. The van der Waals surface area contributed by atoms with Gasteiger partial charge in [0.25, 0.3) is 0 Å². The van der Waals surface area contributed by atoms with Gasteiger partial charge in [0.1, 0.15) is 14.9 Å². The first-order chi connectivity index (χ1) is 9.80. The lowest BCUT2D eigenvalue weighted by Crippen LogP contribution is -2.34. The van der Waals surface area contributed by atoms with E-state index in [2.05, 4.69) is 45.2 Å². The van der Waals surface area contributed by atoms with E-state index >= 15 is 0 Å². The van der Waals surface area contributed by atoms with Crippen molar-refractivity contribution in [3.63, 3.8) is 0 Å². The lowest BCUT2D eigenvalue weighted by atomic mass is 10.2. The van der Waals surface area contributed by atoms with Crippen LogP contribution in [0.3, 0.4) is 0 Å². The van der Waals surface area contributed by atoms with E-state index in [-0.39, 0.29) is 18.2 Å². The van der Waals surface area contributed by atoms with Gasteiger partial charge in [-0.05, 0) is 31.2 Å². The minimum atomic E-state index is -0.522. The fourth-order valence-electron chi connectivity index (χ4n) is 1.44. The average Bonchev–Trinajstić information content (AvgIpc) is 2.45. The summed E-state index contributed by atoms with van der Waals surface area (Å²) in [5, 5.41) is 0. The zero-order valence-corrected chi connectivity index (χ0v) is 16.9. The molecule has 4 nitrogen and oxygen atoms in total. The lowest BCUT2D eigenvalue weighted by molar-refractivity contribution is -0.135. The molecular formula is C15H20I2O4. The molecule has 0 amide bonds. The summed E-state index contributed by atoms with van der Waals surface area (Å²) in [6.07, 6.45) is -0.296. The van der Waals surface area contributed by atoms with Crippen molar-refractivity contribution in [2.24, 2.45) is 5.92 Å². The summed E-state index contributed by atoms with van der Waals surface area (Å²) >= 11 is 4.28. The van der Waals surface area contributed by atoms with E-state index in [0.29, 0.717) is 15.9 Å². The van der Waals surface area contributed by atoms with Crippen molar-refractivity contribution >= 4 is 51.2 Å². The summed E-state index contributed by atoms with van der Waals surface area (Å²) in [5.74, 6) is 1.19. The predicted molar refractivity (Wildman–Crippen MR) is 99.7 cm³/mol. The first kappa shape index (κ1) is 19.0. The molecule has 1 rings (SSSR count). The Labute approximate surface area is 153 Å². The third kappa shape index (κ3) is 5.90. The molecule has 0 radical (unpaired) electrons. The lowest BCUT2D eigenvalue weighted by Gasteiger charge is -2.21. The van der Waals surface area contributed by atoms with Gasteiger partial charge in [0.15, 0.2) is 0 Å². The van der Waals surface area contributed by atoms with Crippen molar-refractivity contribution < 1.29 is 19.0 Å². The zero-order chi connectivity index (χ0) is 16.0. The highest BCUT2D eigenvalue weighted by molar-refractivity contribution is 14.1. The molecular weight excluding hydrogens is 498 g/mol. The van der Waals surface area contributed by atoms with E-state index in [9.17, 15) is 4.79 Å². The summed E-state index contributed by atoms with van der Waals surface area (Å²) in [7, 11) is 1.62. The van der Waals surface area contributed by atoms with Gasteiger partial charge in [-0.3, -0.25) is 4.79 Å². The molecule has 0 fully saturated rings. The van der Waals surface area contributed by atoms with Gasteiger partial charge in [0.2, 0.25) is 6.29 Å². The van der Waals surface area contributed by atoms with Crippen molar-refractivity contribution in [2.45, 2.75) is 30.5 Å². The average molecular weight is 518 g/mol. The topological polar surface area (TPSA) is 44.8 Å². The van der Waals surface area contributed by atoms with Gasteiger partial charge < -0.3 is 14.2 Å². The first-order valence-electron chi connectivity index (χ1n) is 6.57. The molecule has 0 aliphatic rings. The number of methoxy groups -OCH3 is 1. The second kappa shape index (κ2) is 8.52. The number of hydrogen-bond acceptors (Lipinski definition) is 4. The molecule has 2 unspecified atom stereocenters. The quantitative estimate of drug-likeness (QED) is 0.178. The highest BCUT2D eigenvalue weighted by atomic mass is 127. The number of carbonyl (C=O) groups excluding carboxylic acids is 1. The molecule has 1 aromatic carbocycles. The fraction of sp³-hybridized carbons (Fsp3) is 0.533. The van der Waals surface area contributed by atoms with Gasteiger partial charge in [-0.1, -0.05) is 59.0 Å². The van der Waals surface area contributed by atoms with Crippen LogP contribution in [0.15, 0.2) is 24.3 Å². The maximum absolute atomic E-state index is 12.0. The number of benzene rings is 1. The van der Waals surface area contributed by atoms with Crippen LogP contribution in [0.5, 0.6) is 11.5 Å². The van der Waals surface area contributed by atoms with Crippen LogP contribution >= 0.6 is 45.2 Å². The molecule has 1 aromatic rings. The van der Waals surface area contributed by atoms with E-state index in [0.717, 1.165) is 0 Å². The van der Waals surface area contributed by atoms with Crippen LogP contribution < -0.4 is 9.47 Å². The third-order valence-electron chi connectivity index (χ3n) is 2.74. The van der Waals surface area contributed by atoms with Crippen LogP contribution in [0.4, 0.5) is 0 Å². The van der Waals surface area contributed by atoms with Crippen molar-refractivity contribution in [2.75, 3.05) is 11.5 Å². The molecule has 0 aliphatic heterocycles. The number of ether oxygens (including phenoxy) is 3. The Morgan fingerprint density at radius 3 is 2.19 bits per heavy atom. The Hall–Kier alpha value is -0.0900. The minimum absolute atomic E-state index is 0.246. The van der Waals surface area contributed by atoms with Crippen molar-refractivity contribution in [1.29, 1.82) is 0 Å². The first-order valence-corrected chi connectivity index (χ1v) is 9.17. The van der Waals surface area contributed by atoms with Gasteiger partial charge in [-0.2, -0.15) is 0 Å². The molecule has 0 saturated carbocycles. The number of rotatable bonds is 7. The number of halogens is 2. The third-order valence-corrected chi connectivity index (χ3v) is 6.55. The van der Waals surface area contributed by atoms with Crippen LogP contribution in [0.25, 0.3) is 0 Å². The molecule has 6 heteroatoms. The van der Waals surface area contributed by atoms with Gasteiger partial charge in [-0.15, -0.1) is 0 Å². The van der Waals surface area contributed by atoms with Crippen LogP contribution in [0, 0.1) is 5.92 Å². The summed E-state index contributed by atoms with van der Waals surface area (Å²) < 4.78 is 16.5. The van der Waals surface area contributed by atoms with Crippen molar-refractivity contribution in [1.82, 2.24) is 0 Å². The molecule has 0 N–H and O–H groups in total. The molecule has 0 aromatic heterocycles.